The molecule has 1 aliphatic rings. The van der Waals surface area contributed by atoms with Gasteiger partial charge in [0.15, 0.2) is 11.6 Å². The number of nitriles is 1. The molecule has 2 N–H and O–H groups in total. The number of para-hydroxylation sites is 3. The van der Waals surface area contributed by atoms with Crippen LogP contribution in [-0.2, 0) is 7.05 Å². The summed E-state index contributed by atoms with van der Waals surface area (Å²) >= 11 is 0. The lowest BCUT2D eigenvalue weighted by molar-refractivity contribution is -0.897. The van der Waals surface area contributed by atoms with Crippen LogP contribution in [0.3, 0.4) is 0 Å². The Kier molecular flexibility index (Phi) is 5.00. The lowest BCUT2D eigenvalue weighted by atomic mass is 10.2. The molecule has 0 unspecified atom stereocenters. The van der Waals surface area contributed by atoms with Crippen LogP contribution in [0.25, 0.3) is 16.6 Å². The Hall–Kier alpha value is -3.30. The highest BCUT2D eigenvalue weighted by molar-refractivity contribution is 5.83. The zero-order valence-electron chi connectivity index (χ0n) is 16.0. The summed E-state index contributed by atoms with van der Waals surface area (Å²) in [7, 11) is 1.88. The molecular formula is C22H24N5O+. The highest BCUT2D eigenvalue weighted by Crippen LogP contribution is 2.21. The van der Waals surface area contributed by atoms with Gasteiger partial charge >= 0.3 is 0 Å². The fraction of sp³-hybridized carbons (Fsp3) is 0.273. The number of hydrogen-bond donors (Lipinski definition) is 2. The quantitative estimate of drug-likeness (QED) is 0.539. The molecule has 1 fully saturated rings. The first-order chi connectivity index (χ1) is 13.7. The number of nitrogens with zero attached hydrogens (tertiary/aromatic N) is 4. The highest BCUT2D eigenvalue weighted by atomic mass is 16.3. The van der Waals surface area contributed by atoms with Gasteiger partial charge in [0.2, 0.25) is 0 Å². The van der Waals surface area contributed by atoms with E-state index < -0.39 is 0 Å². The van der Waals surface area contributed by atoms with Gasteiger partial charge in [-0.1, -0.05) is 30.3 Å². The summed E-state index contributed by atoms with van der Waals surface area (Å²) in [5.74, 6) is 0.632. The molecule has 1 aromatic heterocycles. The molecule has 1 aliphatic heterocycles. The van der Waals surface area contributed by atoms with Gasteiger partial charge in [-0.2, -0.15) is 5.26 Å². The summed E-state index contributed by atoms with van der Waals surface area (Å²) in [6.07, 6.45) is 0. The summed E-state index contributed by atoms with van der Waals surface area (Å²) in [4.78, 5) is 8.19. The molecule has 0 radical (unpaired) electrons. The van der Waals surface area contributed by atoms with Crippen LogP contribution in [0.15, 0.2) is 60.4 Å². The van der Waals surface area contributed by atoms with Crippen molar-refractivity contribution >= 4 is 22.3 Å². The minimum absolute atomic E-state index is 0.115. The lowest BCUT2D eigenvalue weighted by Gasteiger charge is -2.33. The van der Waals surface area contributed by atoms with E-state index in [1.54, 1.807) is 0 Å². The average molecular weight is 374 g/mol. The minimum Gasteiger partial charge on any atom is -0.506 e. The largest absolute Gasteiger partial charge is 0.506 e. The van der Waals surface area contributed by atoms with E-state index in [0.29, 0.717) is 12.4 Å². The van der Waals surface area contributed by atoms with E-state index in [2.05, 4.69) is 40.2 Å². The van der Waals surface area contributed by atoms with Gasteiger partial charge in [-0.25, -0.2) is 4.98 Å². The van der Waals surface area contributed by atoms with Crippen molar-refractivity contribution < 1.29 is 10.0 Å². The number of anilines is 1. The van der Waals surface area contributed by atoms with E-state index in [-0.39, 0.29) is 11.3 Å². The number of benzene rings is 2. The molecule has 2 aromatic carbocycles. The molecule has 142 valence electrons. The van der Waals surface area contributed by atoms with Gasteiger partial charge in [0.25, 0.3) is 0 Å². The summed E-state index contributed by atoms with van der Waals surface area (Å²) in [6, 6.07) is 20.3. The number of piperazine rings is 1. The van der Waals surface area contributed by atoms with Crippen molar-refractivity contribution in [2.24, 2.45) is 7.05 Å². The molecule has 6 heteroatoms. The molecule has 2 heterocycles. The Bertz CT molecular complexity index is 1040. The van der Waals surface area contributed by atoms with E-state index in [1.807, 2.05) is 41.9 Å². The standard InChI is InChI=1S/C22H23N5O/c1-25-20-10-6-5-9-19(20)24-22(25)18(15-23)21(28)16-26-11-13-27(14-12-26)17-7-3-2-4-8-17/h2-10,28H,11-14,16H2,1H3/p+1. The van der Waals surface area contributed by atoms with E-state index in [9.17, 15) is 10.4 Å². The minimum atomic E-state index is 0.115. The molecule has 0 amide bonds. The van der Waals surface area contributed by atoms with Crippen LogP contribution in [0, 0.1) is 11.3 Å². The number of aliphatic hydroxyl groups excluding tert-OH is 1. The van der Waals surface area contributed by atoms with Gasteiger partial charge in [-0.3, -0.25) is 0 Å². The Morgan fingerprint density at radius 2 is 1.79 bits per heavy atom. The summed E-state index contributed by atoms with van der Waals surface area (Å²) in [5, 5.41) is 20.4. The van der Waals surface area contributed by atoms with Crippen molar-refractivity contribution in [1.82, 2.24) is 9.55 Å². The molecule has 0 saturated carbocycles. The Labute approximate surface area is 164 Å². The van der Waals surface area contributed by atoms with E-state index in [4.69, 9.17) is 0 Å². The lowest BCUT2D eigenvalue weighted by Crippen LogP contribution is -3.15. The van der Waals surface area contributed by atoms with Crippen molar-refractivity contribution in [2.75, 3.05) is 37.6 Å². The van der Waals surface area contributed by atoms with Gasteiger partial charge in [0.1, 0.15) is 18.2 Å². The van der Waals surface area contributed by atoms with Crippen molar-refractivity contribution in [3.05, 3.63) is 66.2 Å². The normalized spacial score (nSPS) is 16.1. The number of quaternary nitrogens is 1. The summed E-state index contributed by atoms with van der Waals surface area (Å²) < 4.78 is 1.87. The molecule has 3 aromatic rings. The van der Waals surface area contributed by atoms with Crippen LogP contribution in [0.1, 0.15) is 5.82 Å². The number of allylic oxidation sites excluding steroid dienone is 1. The van der Waals surface area contributed by atoms with Gasteiger partial charge in [-0.15, -0.1) is 0 Å². The summed E-state index contributed by atoms with van der Waals surface area (Å²) in [5.41, 5.74) is 3.27. The third kappa shape index (κ3) is 3.45. The van der Waals surface area contributed by atoms with Crippen molar-refractivity contribution in [3.8, 4) is 6.07 Å². The smallest absolute Gasteiger partial charge is 0.169 e. The molecule has 4 rings (SSSR count). The molecular weight excluding hydrogens is 350 g/mol. The van der Waals surface area contributed by atoms with Crippen LogP contribution in [0.4, 0.5) is 5.69 Å². The number of fused-ring (bicyclic) bond motifs is 1. The Morgan fingerprint density at radius 3 is 2.46 bits per heavy atom. The molecule has 1 saturated heterocycles. The van der Waals surface area contributed by atoms with Crippen LogP contribution in [0.2, 0.25) is 0 Å². The topological polar surface area (TPSA) is 69.5 Å². The predicted molar refractivity (Wildman–Crippen MR) is 110 cm³/mol. The molecule has 6 nitrogen and oxygen atoms in total. The van der Waals surface area contributed by atoms with Crippen LogP contribution >= 0.6 is 0 Å². The molecule has 0 aliphatic carbocycles. The van der Waals surface area contributed by atoms with Crippen molar-refractivity contribution in [2.45, 2.75) is 0 Å². The fourth-order valence-electron chi connectivity index (χ4n) is 3.83. The van der Waals surface area contributed by atoms with E-state index in [1.165, 1.54) is 10.6 Å². The zero-order chi connectivity index (χ0) is 19.5. The molecule has 0 spiro atoms. The van der Waals surface area contributed by atoms with Gasteiger partial charge < -0.3 is 19.5 Å². The number of rotatable bonds is 4. The van der Waals surface area contributed by atoms with E-state index >= 15 is 0 Å². The average Bonchev–Trinajstić information content (AvgIpc) is 3.06. The Balaban J connectivity index is 1.50. The number of aromatic nitrogens is 2. The zero-order valence-corrected chi connectivity index (χ0v) is 16.0. The fourth-order valence-corrected chi connectivity index (χ4v) is 3.83. The number of imidazole rings is 1. The Morgan fingerprint density at radius 1 is 1.11 bits per heavy atom. The van der Waals surface area contributed by atoms with Gasteiger partial charge in [0, 0.05) is 12.7 Å². The maximum absolute atomic E-state index is 10.7. The molecule has 0 atom stereocenters. The monoisotopic (exact) mass is 374 g/mol. The number of aryl methyl sites for hydroxylation is 1. The first-order valence-corrected chi connectivity index (χ1v) is 9.55. The van der Waals surface area contributed by atoms with Gasteiger partial charge in [-0.05, 0) is 24.3 Å². The van der Waals surface area contributed by atoms with Crippen LogP contribution in [0.5, 0.6) is 0 Å². The predicted octanol–water partition coefficient (Wildman–Crippen LogP) is 1.77. The van der Waals surface area contributed by atoms with Crippen LogP contribution < -0.4 is 9.80 Å². The third-order valence-corrected chi connectivity index (χ3v) is 5.42. The van der Waals surface area contributed by atoms with E-state index in [0.717, 1.165) is 37.2 Å². The second-order valence-electron chi connectivity index (χ2n) is 7.17. The number of hydrogen-bond acceptors (Lipinski definition) is 4. The van der Waals surface area contributed by atoms with Crippen molar-refractivity contribution in [1.29, 1.82) is 5.26 Å². The highest BCUT2D eigenvalue weighted by Gasteiger charge is 2.24. The first kappa shape index (κ1) is 18.1. The first-order valence-electron chi connectivity index (χ1n) is 9.55. The number of nitrogens with one attached hydrogen (secondary N) is 1. The molecule has 28 heavy (non-hydrogen) atoms. The van der Waals surface area contributed by atoms with Crippen LogP contribution in [-0.4, -0.2) is 47.4 Å². The molecule has 0 bridgehead atoms. The number of aliphatic hydroxyl groups is 1. The second-order valence-corrected chi connectivity index (χ2v) is 7.17. The summed E-state index contributed by atoms with van der Waals surface area (Å²) in [6.45, 7) is 4.14. The SMILES string of the molecule is Cn1c(C(C#N)=C(O)C[NH+]2CCN(c3ccccc3)CC2)nc2ccccc21. The third-order valence-electron chi connectivity index (χ3n) is 5.42. The second kappa shape index (κ2) is 7.75. The van der Waals surface area contributed by atoms with Crippen molar-refractivity contribution in [3.63, 3.8) is 0 Å². The maximum Gasteiger partial charge on any atom is 0.169 e. The van der Waals surface area contributed by atoms with Gasteiger partial charge in [0.05, 0.1) is 37.2 Å². The maximum atomic E-state index is 10.7.